The number of nitrogens with one attached hydrogen (secondary N) is 1. The van der Waals surface area contributed by atoms with Crippen molar-refractivity contribution < 1.29 is 24.0 Å². The standard InChI is InChI=1S/C14H16N2O6/c1-8(22-14(18)9-3-4-9)13(17)15-11-6-5-10(21-2)7-12(11)16(19)20/h5-9H,3-4H2,1-2H3,(H,15,17)/t8-/m0/s1. The molecular weight excluding hydrogens is 292 g/mol. The Kier molecular flexibility index (Phi) is 4.59. The number of nitro groups is 1. The third kappa shape index (κ3) is 3.72. The van der Waals surface area contributed by atoms with Crippen molar-refractivity contribution in [1.82, 2.24) is 0 Å². The van der Waals surface area contributed by atoms with Crippen LogP contribution < -0.4 is 10.1 Å². The number of rotatable bonds is 6. The Morgan fingerprint density at radius 1 is 1.41 bits per heavy atom. The van der Waals surface area contributed by atoms with Crippen LogP contribution in [-0.2, 0) is 14.3 Å². The SMILES string of the molecule is COc1ccc(NC(=O)[C@H](C)OC(=O)C2CC2)c([N+](=O)[O-])c1. The van der Waals surface area contributed by atoms with Crippen LogP contribution in [0.5, 0.6) is 5.75 Å². The summed E-state index contributed by atoms with van der Waals surface area (Å²) < 4.78 is 9.92. The van der Waals surface area contributed by atoms with Crippen LogP contribution >= 0.6 is 0 Å². The second-order valence-corrected chi connectivity index (χ2v) is 4.98. The molecule has 1 saturated carbocycles. The minimum absolute atomic E-state index is 0.0186. The predicted octanol–water partition coefficient (Wildman–Crippen LogP) is 1.88. The van der Waals surface area contributed by atoms with Crippen LogP contribution in [0, 0.1) is 16.0 Å². The molecular formula is C14H16N2O6. The number of carbonyl (C=O) groups excluding carboxylic acids is 2. The van der Waals surface area contributed by atoms with Crippen LogP contribution in [0.3, 0.4) is 0 Å². The van der Waals surface area contributed by atoms with Gasteiger partial charge in [-0.15, -0.1) is 0 Å². The Labute approximate surface area is 126 Å². The Hall–Kier alpha value is -2.64. The van der Waals surface area contributed by atoms with Gasteiger partial charge in [0.2, 0.25) is 0 Å². The monoisotopic (exact) mass is 308 g/mol. The summed E-state index contributed by atoms with van der Waals surface area (Å²) in [4.78, 5) is 33.9. The molecule has 1 aliphatic rings. The molecule has 0 saturated heterocycles. The third-order valence-electron chi connectivity index (χ3n) is 3.23. The van der Waals surface area contributed by atoms with Crippen LogP contribution in [0.4, 0.5) is 11.4 Å². The Morgan fingerprint density at radius 3 is 2.64 bits per heavy atom. The molecule has 2 rings (SSSR count). The first-order chi connectivity index (χ1) is 10.4. The zero-order valence-corrected chi connectivity index (χ0v) is 12.2. The number of hydrogen-bond donors (Lipinski definition) is 1. The van der Waals surface area contributed by atoms with Crippen molar-refractivity contribution in [2.24, 2.45) is 5.92 Å². The van der Waals surface area contributed by atoms with Crippen molar-refractivity contribution in [3.63, 3.8) is 0 Å². The molecule has 1 aromatic carbocycles. The fraction of sp³-hybridized carbons (Fsp3) is 0.429. The average molecular weight is 308 g/mol. The fourth-order valence-corrected chi connectivity index (χ4v) is 1.77. The molecule has 1 aliphatic carbocycles. The van der Waals surface area contributed by atoms with Gasteiger partial charge in [0.25, 0.3) is 11.6 Å². The number of benzene rings is 1. The van der Waals surface area contributed by atoms with E-state index in [1.165, 1.54) is 32.2 Å². The highest BCUT2D eigenvalue weighted by molar-refractivity contribution is 5.97. The van der Waals surface area contributed by atoms with Gasteiger partial charge >= 0.3 is 5.97 Å². The van der Waals surface area contributed by atoms with Crippen LogP contribution in [0.25, 0.3) is 0 Å². The van der Waals surface area contributed by atoms with E-state index in [1.807, 2.05) is 0 Å². The normalized spacial score (nSPS) is 14.8. The first kappa shape index (κ1) is 15.7. The first-order valence-corrected chi connectivity index (χ1v) is 6.76. The molecule has 22 heavy (non-hydrogen) atoms. The van der Waals surface area contributed by atoms with E-state index in [0.29, 0.717) is 5.75 Å². The number of ether oxygens (including phenoxy) is 2. The minimum Gasteiger partial charge on any atom is -0.496 e. The van der Waals surface area contributed by atoms with E-state index in [4.69, 9.17) is 9.47 Å². The largest absolute Gasteiger partial charge is 0.496 e. The maximum absolute atomic E-state index is 12.0. The van der Waals surface area contributed by atoms with Crippen molar-refractivity contribution in [2.75, 3.05) is 12.4 Å². The zero-order valence-electron chi connectivity index (χ0n) is 12.2. The number of anilines is 1. The van der Waals surface area contributed by atoms with Gasteiger partial charge in [-0.05, 0) is 31.9 Å². The summed E-state index contributed by atoms with van der Waals surface area (Å²) in [5.41, 5.74) is -0.279. The summed E-state index contributed by atoms with van der Waals surface area (Å²) >= 11 is 0. The first-order valence-electron chi connectivity index (χ1n) is 6.76. The fourth-order valence-electron chi connectivity index (χ4n) is 1.77. The van der Waals surface area contributed by atoms with Crippen molar-refractivity contribution >= 4 is 23.3 Å². The Morgan fingerprint density at radius 2 is 2.09 bits per heavy atom. The average Bonchev–Trinajstić information content (AvgIpc) is 3.31. The highest BCUT2D eigenvalue weighted by Crippen LogP contribution is 2.31. The zero-order chi connectivity index (χ0) is 16.3. The molecule has 1 aromatic rings. The second kappa shape index (κ2) is 6.42. The summed E-state index contributed by atoms with van der Waals surface area (Å²) in [6.45, 7) is 1.42. The molecule has 8 nitrogen and oxygen atoms in total. The lowest BCUT2D eigenvalue weighted by molar-refractivity contribution is -0.384. The smallest absolute Gasteiger partial charge is 0.309 e. The van der Waals surface area contributed by atoms with Gasteiger partial charge in [0.05, 0.1) is 24.0 Å². The van der Waals surface area contributed by atoms with E-state index in [2.05, 4.69) is 5.32 Å². The molecule has 0 bridgehead atoms. The van der Waals surface area contributed by atoms with Crippen molar-refractivity contribution in [3.8, 4) is 5.75 Å². The maximum atomic E-state index is 12.0. The van der Waals surface area contributed by atoms with E-state index < -0.39 is 22.9 Å². The van der Waals surface area contributed by atoms with Gasteiger partial charge in [0.1, 0.15) is 11.4 Å². The van der Waals surface area contributed by atoms with Gasteiger partial charge in [0.15, 0.2) is 6.10 Å². The van der Waals surface area contributed by atoms with Gasteiger partial charge in [-0.25, -0.2) is 0 Å². The quantitative estimate of drug-likeness (QED) is 0.488. The predicted molar refractivity (Wildman–Crippen MR) is 76.6 cm³/mol. The molecule has 0 radical (unpaired) electrons. The third-order valence-corrected chi connectivity index (χ3v) is 3.23. The minimum atomic E-state index is -1.02. The molecule has 118 valence electrons. The van der Waals surface area contributed by atoms with Gasteiger partial charge in [-0.2, -0.15) is 0 Å². The Bertz CT molecular complexity index is 611. The molecule has 0 aromatic heterocycles. The van der Waals surface area contributed by atoms with Crippen LogP contribution in [0.1, 0.15) is 19.8 Å². The number of carbonyl (C=O) groups is 2. The number of nitrogens with zero attached hydrogens (tertiary/aromatic N) is 1. The number of hydrogen-bond acceptors (Lipinski definition) is 6. The molecule has 1 N–H and O–H groups in total. The molecule has 1 amide bonds. The van der Waals surface area contributed by atoms with Gasteiger partial charge in [-0.3, -0.25) is 19.7 Å². The summed E-state index contributed by atoms with van der Waals surface area (Å²) in [6.07, 6.45) is 0.531. The second-order valence-electron chi connectivity index (χ2n) is 4.98. The molecule has 1 atom stereocenters. The van der Waals surface area contributed by atoms with E-state index in [0.717, 1.165) is 12.8 Å². The van der Waals surface area contributed by atoms with Crippen molar-refractivity contribution in [3.05, 3.63) is 28.3 Å². The van der Waals surface area contributed by atoms with E-state index in [9.17, 15) is 19.7 Å². The lowest BCUT2D eigenvalue weighted by atomic mass is 10.2. The van der Waals surface area contributed by atoms with Crippen molar-refractivity contribution in [2.45, 2.75) is 25.9 Å². The highest BCUT2D eigenvalue weighted by atomic mass is 16.6. The number of esters is 1. The van der Waals surface area contributed by atoms with Gasteiger partial charge in [0, 0.05) is 0 Å². The lowest BCUT2D eigenvalue weighted by Gasteiger charge is -2.13. The number of nitro benzene ring substituents is 1. The maximum Gasteiger partial charge on any atom is 0.309 e. The van der Waals surface area contributed by atoms with E-state index >= 15 is 0 Å². The summed E-state index contributed by atoms with van der Waals surface area (Å²) in [5, 5.41) is 13.4. The van der Waals surface area contributed by atoms with Gasteiger partial charge in [-0.1, -0.05) is 0 Å². The highest BCUT2D eigenvalue weighted by Gasteiger charge is 2.33. The number of amides is 1. The number of methoxy groups -OCH3 is 1. The van der Waals surface area contributed by atoms with Gasteiger partial charge < -0.3 is 14.8 Å². The van der Waals surface area contributed by atoms with Crippen LogP contribution in [0.15, 0.2) is 18.2 Å². The Balaban J connectivity index is 2.06. The van der Waals surface area contributed by atoms with Crippen LogP contribution in [0.2, 0.25) is 0 Å². The lowest BCUT2D eigenvalue weighted by Crippen LogP contribution is -2.30. The molecule has 8 heteroatoms. The van der Waals surface area contributed by atoms with Crippen molar-refractivity contribution in [1.29, 1.82) is 0 Å². The van der Waals surface area contributed by atoms with Crippen LogP contribution in [-0.4, -0.2) is 30.0 Å². The molecule has 0 unspecified atom stereocenters. The summed E-state index contributed by atoms with van der Waals surface area (Å²) in [6, 6.07) is 4.06. The molecule has 0 heterocycles. The summed E-state index contributed by atoms with van der Waals surface area (Å²) in [7, 11) is 1.39. The molecule has 0 spiro atoms. The summed E-state index contributed by atoms with van der Waals surface area (Å²) in [5.74, 6) is -0.849. The topological polar surface area (TPSA) is 108 Å². The van der Waals surface area contributed by atoms with E-state index in [-0.39, 0.29) is 17.3 Å². The molecule has 1 fully saturated rings. The van der Waals surface area contributed by atoms with E-state index in [1.54, 1.807) is 0 Å². The molecule has 0 aliphatic heterocycles.